The minimum atomic E-state index is -0.318. The summed E-state index contributed by atoms with van der Waals surface area (Å²) in [6, 6.07) is 22.8. The zero-order valence-corrected chi connectivity index (χ0v) is 17.5. The molecule has 0 fully saturated rings. The van der Waals surface area contributed by atoms with Gasteiger partial charge in [-0.2, -0.15) is 5.10 Å². The van der Waals surface area contributed by atoms with Gasteiger partial charge in [-0.3, -0.25) is 9.59 Å². The van der Waals surface area contributed by atoms with Crippen molar-refractivity contribution in [1.29, 1.82) is 0 Å². The second-order valence-corrected chi connectivity index (χ2v) is 7.72. The van der Waals surface area contributed by atoms with E-state index in [4.69, 9.17) is 0 Å². The first kappa shape index (κ1) is 19.7. The van der Waals surface area contributed by atoms with Crippen LogP contribution in [0.4, 0.5) is 5.69 Å². The van der Waals surface area contributed by atoms with Crippen molar-refractivity contribution in [3.05, 3.63) is 101 Å². The van der Waals surface area contributed by atoms with Gasteiger partial charge >= 0.3 is 0 Å². The number of nitrogens with one attached hydrogen (secondary N) is 1. The minimum absolute atomic E-state index is 0.172. The van der Waals surface area contributed by atoms with Crippen molar-refractivity contribution >= 4 is 33.4 Å². The summed E-state index contributed by atoms with van der Waals surface area (Å²) in [4.78, 5) is 30.1. The summed E-state index contributed by atoms with van der Waals surface area (Å²) in [6.45, 7) is -0.172. The number of anilines is 1. The van der Waals surface area contributed by atoms with E-state index in [0.717, 1.165) is 27.7 Å². The average molecular weight is 423 g/mol. The molecule has 2 aromatic heterocycles. The molecule has 2 heterocycles. The summed E-state index contributed by atoms with van der Waals surface area (Å²) in [5.74, 6) is -0.318. The van der Waals surface area contributed by atoms with Crippen LogP contribution in [0, 0.1) is 0 Å². The smallest absolute Gasteiger partial charge is 0.275 e. The third-order valence-corrected chi connectivity index (χ3v) is 5.46. The summed E-state index contributed by atoms with van der Waals surface area (Å²) >= 11 is 0. The third-order valence-electron chi connectivity index (χ3n) is 5.46. The summed E-state index contributed by atoms with van der Waals surface area (Å²) in [6.07, 6.45) is 2.30. The van der Waals surface area contributed by atoms with Crippen LogP contribution in [-0.2, 0) is 24.8 Å². The third kappa shape index (κ3) is 3.76. The standard InChI is InChI=1S/C25H21N5O2/c1-29-16-26-21-12-11-18(14-23(21)29)27-24(31)15-30-25(32)20-10-6-5-9-19(20)22(28-30)13-17-7-3-2-4-8-17/h2-12,14,16H,13,15H2,1H3,(H,27,31). The molecule has 5 aromatic rings. The number of aryl methyl sites for hydroxylation is 1. The number of fused-ring (bicyclic) bond motifs is 2. The highest BCUT2D eigenvalue weighted by Gasteiger charge is 2.14. The molecule has 0 radical (unpaired) electrons. The quantitative estimate of drug-likeness (QED) is 0.469. The SMILES string of the molecule is Cn1cnc2ccc(NC(=O)Cn3nc(Cc4ccccc4)c4ccccc4c3=O)cc21. The number of rotatable bonds is 5. The first-order valence-electron chi connectivity index (χ1n) is 10.3. The van der Waals surface area contributed by atoms with Gasteiger partial charge in [0.05, 0.1) is 28.4 Å². The van der Waals surface area contributed by atoms with E-state index in [9.17, 15) is 9.59 Å². The second-order valence-electron chi connectivity index (χ2n) is 7.72. The Bertz CT molecular complexity index is 1500. The highest BCUT2D eigenvalue weighted by molar-refractivity contribution is 5.93. The molecule has 0 saturated carbocycles. The lowest BCUT2D eigenvalue weighted by Crippen LogP contribution is -2.30. The Hall–Kier alpha value is -4.26. The fraction of sp³-hybridized carbons (Fsp3) is 0.120. The zero-order chi connectivity index (χ0) is 22.1. The van der Waals surface area contributed by atoms with Crippen molar-refractivity contribution in [3.63, 3.8) is 0 Å². The molecule has 0 saturated heterocycles. The number of nitrogens with zero attached hydrogens (tertiary/aromatic N) is 4. The lowest BCUT2D eigenvalue weighted by atomic mass is 10.0. The van der Waals surface area contributed by atoms with E-state index in [-0.39, 0.29) is 18.0 Å². The van der Waals surface area contributed by atoms with Crippen LogP contribution < -0.4 is 10.9 Å². The largest absolute Gasteiger partial charge is 0.334 e. The van der Waals surface area contributed by atoms with Crippen LogP contribution in [0.15, 0.2) is 83.9 Å². The number of hydrogen-bond donors (Lipinski definition) is 1. The lowest BCUT2D eigenvalue weighted by molar-refractivity contribution is -0.117. The van der Waals surface area contributed by atoms with Gasteiger partial charge in [-0.1, -0.05) is 48.5 Å². The van der Waals surface area contributed by atoms with E-state index < -0.39 is 0 Å². The highest BCUT2D eigenvalue weighted by Crippen LogP contribution is 2.19. The molecule has 158 valence electrons. The van der Waals surface area contributed by atoms with Crippen LogP contribution in [-0.4, -0.2) is 25.2 Å². The Balaban J connectivity index is 1.46. The van der Waals surface area contributed by atoms with Crippen LogP contribution in [0.5, 0.6) is 0 Å². The Labute approximate surface area is 183 Å². The maximum absolute atomic E-state index is 13.0. The molecular weight excluding hydrogens is 402 g/mol. The van der Waals surface area contributed by atoms with Crippen molar-refractivity contribution in [3.8, 4) is 0 Å². The number of hydrogen-bond acceptors (Lipinski definition) is 4. The predicted octanol–water partition coefficient (Wildman–Crippen LogP) is 3.51. The zero-order valence-electron chi connectivity index (χ0n) is 17.5. The van der Waals surface area contributed by atoms with Crippen molar-refractivity contribution in [1.82, 2.24) is 19.3 Å². The lowest BCUT2D eigenvalue weighted by Gasteiger charge is -2.12. The van der Waals surface area contributed by atoms with E-state index in [0.29, 0.717) is 17.5 Å². The fourth-order valence-electron chi connectivity index (χ4n) is 3.87. The Morgan fingerprint density at radius 3 is 2.53 bits per heavy atom. The molecule has 0 aliphatic rings. The van der Waals surface area contributed by atoms with Gasteiger partial charge in [0.15, 0.2) is 0 Å². The van der Waals surface area contributed by atoms with Gasteiger partial charge in [0.25, 0.3) is 5.56 Å². The van der Waals surface area contributed by atoms with Crippen LogP contribution in [0.25, 0.3) is 21.8 Å². The normalized spacial score (nSPS) is 11.2. The highest BCUT2D eigenvalue weighted by atomic mass is 16.2. The fourth-order valence-corrected chi connectivity index (χ4v) is 3.87. The molecule has 0 aliphatic carbocycles. The summed E-state index contributed by atoms with van der Waals surface area (Å²) < 4.78 is 3.13. The Morgan fingerprint density at radius 2 is 1.72 bits per heavy atom. The first-order valence-corrected chi connectivity index (χ1v) is 10.3. The van der Waals surface area contributed by atoms with Gasteiger partial charge in [-0.15, -0.1) is 0 Å². The van der Waals surface area contributed by atoms with Crippen molar-refractivity contribution < 1.29 is 4.79 Å². The number of carbonyl (C=O) groups excluding carboxylic acids is 1. The molecule has 0 bridgehead atoms. The van der Waals surface area contributed by atoms with E-state index in [1.54, 1.807) is 18.5 Å². The van der Waals surface area contributed by atoms with E-state index in [1.165, 1.54) is 4.68 Å². The van der Waals surface area contributed by atoms with Crippen molar-refractivity contribution in [2.75, 3.05) is 5.32 Å². The first-order chi connectivity index (χ1) is 15.6. The Morgan fingerprint density at radius 1 is 0.969 bits per heavy atom. The monoisotopic (exact) mass is 423 g/mol. The van der Waals surface area contributed by atoms with Crippen LogP contribution in [0.2, 0.25) is 0 Å². The molecular formula is C25H21N5O2. The van der Waals surface area contributed by atoms with Gasteiger partial charge < -0.3 is 9.88 Å². The van der Waals surface area contributed by atoms with E-state index in [2.05, 4.69) is 15.4 Å². The van der Waals surface area contributed by atoms with Gasteiger partial charge in [-0.25, -0.2) is 9.67 Å². The second kappa shape index (κ2) is 8.11. The summed E-state index contributed by atoms with van der Waals surface area (Å²) in [7, 11) is 1.90. The molecule has 0 spiro atoms. The average Bonchev–Trinajstić information content (AvgIpc) is 3.18. The molecule has 32 heavy (non-hydrogen) atoms. The molecule has 3 aromatic carbocycles. The summed E-state index contributed by atoms with van der Waals surface area (Å²) in [5.41, 5.74) is 3.97. The van der Waals surface area contributed by atoms with Gasteiger partial charge in [0.1, 0.15) is 6.54 Å². The molecule has 5 rings (SSSR count). The van der Waals surface area contributed by atoms with Gasteiger partial charge in [0, 0.05) is 24.5 Å². The molecule has 7 heteroatoms. The topological polar surface area (TPSA) is 81.8 Å². The number of imidazole rings is 1. The van der Waals surface area contributed by atoms with Crippen LogP contribution >= 0.6 is 0 Å². The van der Waals surface area contributed by atoms with Gasteiger partial charge in [-0.05, 0) is 29.8 Å². The maximum atomic E-state index is 13.0. The van der Waals surface area contributed by atoms with Crippen LogP contribution in [0.3, 0.4) is 0 Å². The number of amides is 1. The molecule has 0 atom stereocenters. The molecule has 0 unspecified atom stereocenters. The minimum Gasteiger partial charge on any atom is -0.334 e. The predicted molar refractivity (Wildman–Crippen MR) is 125 cm³/mol. The number of benzene rings is 3. The number of carbonyl (C=O) groups is 1. The van der Waals surface area contributed by atoms with E-state index >= 15 is 0 Å². The summed E-state index contributed by atoms with van der Waals surface area (Å²) in [5, 5.41) is 8.79. The molecule has 1 amide bonds. The van der Waals surface area contributed by atoms with E-state index in [1.807, 2.05) is 72.3 Å². The van der Waals surface area contributed by atoms with Crippen molar-refractivity contribution in [2.45, 2.75) is 13.0 Å². The van der Waals surface area contributed by atoms with Gasteiger partial charge in [0.2, 0.25) is 5.91 Å². The van der Waals surface area contributed by atoms with Crippen molar-refractivity contribution in [2.24, 2.45) is 7.05 Å². The molecule has 7 nitrogen and oxygen atoms in total. The molecule has 0 aliphatic heterocycles. The molecule has 1 N–H and O–H groups in total. The maximum Gasteiger partial charge on any atom is 0.275 e. The number of aromatic nitrogens is 4. The Kier molecular flexibility index (Phi) is 4.99. The van der Waals surface area contributed by atoms with Crippen LogP contribution in [0.1, 0.15) is 11.3 Å².